The number of nitrogens with zero attached hydrogens (tertiary/aromatic N) is 3. The van der Waals surface area contributed by atoms with Crippen LogP contribution in [0, 0.1) is 27.7 Å². The summed E-state index contributed by atoms with van der Waals surface area (Å²) < 4.78 is 0. The van der Waals surface area contributed by atoms with Crippen LogP contribution < -0.4 is 10.6 Å². The van der Waals surface area contributed by atoms with E-state index in [0.29, 0.717) is 11.8 Å². The van der Waals surface area contributed by atoms with Crippen molar-refractivity contribution in [2.24, 2.45) is 0 Å². The summed E-state index contributed by atoms with van der Waals surface area (Å²) in [6.45, 7) is 8.31. The Labute approximate surface area is 142 Å². The Kier molecular flexibility index (Phi) is 4.42. The van der Waals surface area contributed by atoms with E-state index < -0.39 is 0 Å². The smallest absolute Gasteiger partial charge is 0.249 e. The average Bonchev–Trinajstić information content (AvgIpc) is 2.54. The maximum atomic E-state index is 4.48. The second kappa shape index (κ2) is 6.66. The number of nitrogens with one attached hydrogen (secondary N) is 2. The second-order valence-electron chi connectivity index (χ2n) is 6.03. The molecule has 0 atom stereocenters. The van der Waals surface area contributed by atoms with E-state index in [4.69, 9.17) is 0 Å². The lowest BCUT2D eigenvalue weighted by Crippen LogP contribution is -2.03. The molecule has 1 heterocycles. The number of anilines is 4. The zero-order valence-electron chi connectivity index (χ0n) is 14.4. The minimum atomic E-state index is 0.468. The van der Waals surface area contributed by atoms with Gasteiger partial charge in [-0.3, -0.25) is 0 Å². The molecule has 0 saturated carbocycles. The van der Waals surface area contributed by atoms with Gasteiger partial charge in [-0.2, -0.15) is 10.1 Å². The maximum Gasteiger partial charge on any atom is 0.249 e. The highest BCUT2D eigenvalue weighted by atomic mass is 15.3. The number of aromatic nitrogens is 3. The van der Waals surface area contributed by atoms with E-state index in [-0.39, 0.29) is 0 Å². The average molecular weight is 319 g/mol. The molecule has 0 spiro atoms. The van der Waals surface area contributed by atoms with Gasteiger partial charge in [0, 0.05) is 11.4 Å². The lowest BCUT2D eigenvalue weighted by molar-refractivity contribution is 0.981. The second-order valence-corrected chi connectivity index (χ2v) is 6.03. The van der Waals surface area contributed by atoms with E-state index in [9.17, 15) is 0 Å². The molecule has 0 radical (unpaired) electrons. The van der Waals surface area contributed by atoms with Crippen molar-refractivity contribution in [2.75, 3.05) is 10.6 Å². The van der Waals surface area contributed by atoms with Crippen molar-refractivity contribution in [1.82, 2.24) is 15.2 Å². The van der Waals surface area contributed by atoms with Crippen molar-refractivity contribution in [3.8, 4) is 0 Å². The van der Waals surface area contributed by atoms with Gasteiger partial charge >= 0.3 is 0 Å². The van der Waals surface area contributed by atoms with E-state index in [1.165, 1.54) is 16.7 Å². The van der Waals surface area contributed by atoms with Crippen LogP contribution in [0.15, 0.2) is 42.6 Å². The third-order valence-electron chi connectivity index (χ3n) is 3.97. The highest BCUT2D eigenvalue weighted by Gasteiger charge is 2.05. The molecule has 2 aromatic carbocycles. The largest absolute Gasteiger partial charge is 0.339 e. The molecule has 0 saturated heterocycles. The minimum Gasteiger partial charge on any atom is -0.339 e. The molecule has 2 N–H and O–H groups in total. The molecule has 0 fully saturated rings. The highest BCUT2D eigenvalue weighted by molar-refractivity contribution is 5.61. The molecule has 0 aliphatic heterocycles. The van der Waals surface area contributed by atoms with Crippen molar-refractivity contribution >= 4 is 23.1 Å². The quantitative estimate of drug-likeness (QED) is 0.736. The molecule has 0 bridgehead atoms. The fourth-order valence-electron chi connectivity index (χ4n) is 2.46. The first-order valence-electron chi connectivity index (χ1n) is 7.89. The molecule has 122 valence electrons. The normalized spacial score (nSPS) is 10.5. The molecule has 0 amide bonds. The predicted molar refractivity (Wildman–Crippen MR) is 98.2 cm³/mol. The van der Waals surface area contributed by atoms with Crippen molar-refractivity contribution in [2.45, 2.75) is 27.7 Å². The molecular formula is C19H21N5. The lowest BCUT2D eigenvalue weighted by atomic mass is 10.1. The summed E-state index contributed by atoms with van der Waals surface area (Å²) in [6.07, 6.45) is 1.61. The van der Waals surface area contributed by atoms with Gasteiger partial charge in [-0.15, -0.1) is 5.10 Å². The van der Waals surface area contributed by atoms with Crippen LogP contribution in [0.5, 0.6) is 0 Å². The number of rotatable bonds is 4. The third-order valence-corrected chi connectivity index (χ3v) is 3.97. The molecule has 0 aliphatic rings. The van der Waals surface area contributed by atoms with Gasteiger partial charge in [0.15, 0.2) is 5.82 Å². The minimum absolute atomic E-state index is 0.468. The Hall–Kier alpha value is -2.95. The molecule has 24 heavy (non-hydrogen) atoms. The Morgan fingerprint density at radius 1 is 0.792 bits per heavy atom. The van der Waals surface area contributed by atoms with Gasteiger partial charge in [-0.1, -0.05) is 23.8 Å². The predicted octanol–water partition coefficient (Wildman–Crippen LogP) is 4.59. The van der Waals surface area contributed by atoms with E-state index >= 15 is 0 Å². The van der Waals surface area contributed by atoms with Crippen molar-refractivity contribution in [1.29, 1.82) is 0 Å². The van der Waals surface area contributed by atoms with Crippen LogP contribution in [0.3, 0.4) is 0 Å². The third kappa shape index (κ3) is 3.68. The first-order chi connectivity index (χ1) is 11.5. The topological polar surface area (TPSA) is 62.7 Å². The lowest BCUT2D eigenvalue weighted by Gasteiger charge is -2.10. The van der Waals surface area contributed by atoms with Gasteiger partial charge in [0.2, 0.25) is 5.95 Å². The van der Waals surface area contributed by atoms with Crippen molar-refractivity contribution in [3.63, 3.8) is 0 Å². The van der Waals surface area contributed by atoms with Gasteiger partial charge in [-0.05, 0) is 62.6 Å². The Bertz CT molecular complexity index is 873. The zero-order chi connectivity index (χ0) is 17.1. The first kappa shape index (κ1) is 15.9. The molecule has 3 aromatic rings. The van der Waals surface area contributed by atoms with Crippen molar-refractivity contribution < 1.29 is 0 Å². The van der Waals surface area contributed by atoms with E-state index in [0.717, 1.165) is 16.9 Å². The molecule has 0 unspecified atom stereocenters. The molecule has 1 aromatic heterocycles. The summed E-state index contributed by atoms with van der Waals surface area (Å²) in [5.41, 5.74) is 6.82. The van der Waals surface area contributed by atoms with Crippen molar-refractivity contribution in [3.05, 3.63) is 64.8 Å². The molecule has 3 rings (SSSR count). The Morgan fingerprint density at radius 3 is 2.38 bits per heavy atom. The van der Waals surface area contributed by atoms with Gasteiger partial charge in [-0.25, -0.2) is 0 Å². The van der Waals surface area contributed by atoms with Crippen LogP contribution in [0.1, 0.15) is 22.3 Å². The number of benzene rings is 2. The maximum absolute atomic E-state index is 4.48. The van der Waals surface area contributed by atoms with E-state index in [1.807, 2.05) is 12.1 Å². The van der Waals surface area contributed by atoms with Gasteiger partial charge in [0.1, 0.15) is 0 Å². The number of hydrogen-bond donors (Lipinski definition) is 2. The van der Waals surface area contributed by atoms with Crippen LogP contribution in [-0.4, -0.2) is 15.2 Å². The monoisotopic (exact) mass is 319 g/mol. The van der Waals surface area contributed by atoms with Gasteiger partial charge < -0.3 is 10.6 Å². The SMILES string of the molecule is Cc1ccc(Nc2nncc(Nc3ccc(C)c(C)c3)n2)c(C)c1. The fraction of sp³-hybridized carbons (Fsp3) is 0.211. The van der Waals surface area contributed by atoms with E-state index in [1.54, 1.807) is 6.20 Å². The molecule has 0 aliphatic carbocycles. The number of aryl methyl sites for hydroxylation is 4. The molecular weight excluding hydrogens is 298 g/mol. The first-order valence-corrected chi connectivity index (χ1v) is 7.89. The number of hydrogen-bond acceptors (Lipinski definition) is 5. The summed E-state index contributed by atoms with van der Waals surface area (Å²) in [5, 5.41) is 14.6. The van der Waals surface area contributed by atoms with Gasteiger partial charge in [0.25, 0.3) is 0 Å². The summed E-state index contributed by atoms with van der Waals surface area (Å²) in [6, 6.07) is 12.4. The Balaban J connectivity index is 1.79. The summed E-state index contributed by atoms with van der Waals surface area (Å²) in [4.78, 5) is 4.48. The van der Waals surface area contributed by atoms with Gasteiger partial charge in [0.05, 0.1) is 6.20 Å². The van der Waals surface area contributed by atoms with Crippen LogP contribution in [0.2, 0.25) is 0 Å². The van der Waals surface area contributed by atoms with Crippen LogP contribution in [0.25, 0.3) is 0 Å². The molecule has 5 nitrogen and oxygen atoms in total. The summed E-state index contributed by atoms with van der Waals surface area (Å²) >= 11 is 0. The summed E-state index contributed by atoms with van der Waals surface area (Å²) in [7, 11) is 0. The van der Waals surface area contributed by atoms with E-state index in [2.05, 4.69) is 77.8 Å². The summed E-state index contributed by atoms with van der Waals surface area (Å²) in [5.74, 6) is 1.12. The molecule has 5 heteroatoms. The van der Waals surface area contributed by atoms with Crippen LogP contribution in [-0.2, 0) is 0 Å². The fourth-order valence-corrected chi connectivity index (χ4v) is 2.46. The standard InChI is InChI=1S/C19H21N5/c1-12-5-8-17(15(4)9-12)22-19-23-18(11-20-24-19)21-16-7-6-13(2)14(3)10-16/h5-11H,1-4H3,(H2,21,22,23,24). The Morgan fingerprint density at radius 2 is 1.62 bits per heavy atom. The van der Waals surface area contributed by atoms with Crippen LogP contribution in [0.4, 0.5) is 23.1 Å². The zero-order valence-corrected chi connectivity index (χ0v) is 14.4. The van der Waals surface area contributed by atoms with Crippen LogP contribution >= 0.6 is 0 Å². The highest BCUT2D eigenvalue weighted by Crippen LogP contribution is 2.21.